The Morgan fingerprint density at radius 1 is 1.52 bits per heavy atom. The minimum atomic E-state index is -4.55. The normalized spacial score (nSPS) is 17.2. The zero-order chi connectivity index (χ0) is 15.6. The minimum Gasteiger partial charge on any atom is -0.370 e. The maximum Gasteiger partial charge on any atom is 0.426 e. The van der Waals surface area contributed by atoms with Crippen LogP contribution in [-0.4, -0.2) is 34.0 Å². The summed E-state index contributed by atoms with van der Waals surface area (Å²) < 4.78 is 50.6. The van der Waals surface area contributed by atoms with Crippen LogP contribution in [0.4, 0.5) is 17.6 Å². The van der Waals surface area contributed by atoms with Crippen molar-refractivity contribution in [3.63, 3.8) is 0 Å². The minimum absolute atomic E-state index is 0.209. The highest BCUT2D eigenvalue weighted by Gasteiger charge is 2.33. The summed E-state index contributed by atoms with van der Waals surface area (Å²) >= 11 is 9.81. The van der Waals surface area contributed by atoms with Crippen LogP contribution in [0.3, 0.4) is 0 Å². The van der Waals surface area contributed by atoms with Gasteiger partial charge in [-0.1, -0.05) is 23.8 Å². The van der Waals surface area contributed by atoms with Crippen LogP contribution in [0.25, 0.3) is 0 Å². The quantitative estimate of drug-likeness (QED) is 0.396. The predicted molar refractivity (Wildman–Crippen MR) is 74.4 cm³/mol. The molecule has 1 aliphatic rings. The molecule has 0 aromatic carbocycles. The van der Waals surface area contributed by atoms with Crippen molar-refractivity contribution in [1.82, 2.24) is 15.2 Å². The van der Waals surface area contributed by atoms with Crippen molar-refractivity contribution in [3.8, 4) is 0 Å². The maximum atomic E-state index is 13.3. The summed E-state index contributed by atoms with van der Waals surface area (Å²) in [4.78, 5) is 4.18. The van der Waals surface area contributed by atoms with Crippen molar-refractivity contribution in [2.75, 3.05) is 13.1 Å². The van der Waals surface area contributed by atoms with Crippen LogP contribution < -0.4 is 5.32 Å². The Morgan fingerprint density at radius 2 is 2.24 bits per heavy atom. The number of rotatable bonds is 3. The molecule has 1 aromatic heterocycles. The molecule has 114 valence electrons. The Morgan fingerprint density at radius 3 is 2.86 bits per heavy atom. The molecule has 0 amide bonds. The number of alkyl halides is 3. The van der Waals surface area contributed by atoms with Crippen molar-refractivity contribution >= 4 is 28.7 Å². The Bertz CT molecular complexity index is 588. The summed E-state index contributed by atoms with van der Waals surface area (Å²) in [6, 6.07) is 1.20. The van der Waals surface area contributed by atoms with Gasteiger partial charge in [0.1, 0.15) is 10.7 Å². The number of halogens is 5. The maximum absolute atomic E-state index is 13.3. The second kappa shape index (κ2) is 6.15. The van der Waals surface area contributed by atoms with E-state index in [1.165, 1.54) is 12.3 Å². The van der Waals surface area contributed by atoms with Gasteiger partial charge in [0, 0.05) is 31.9 Å². The lowest BCUT2D eigenvalue weighted by atomic mass is 10.2. The summed E-state index contributed by atoms with van der Waals surface area (Å²) in [6.07, 6.45) is -2.31. The highest BCUT2D eigenvalue weighted by Crippen LogP contribution is 2.21. The summed E-state index contributed by atoms with van der Waals surface area (Å²) in [5.41, 5.74) is 0.504. The molecule has 2 heterocycles. The summed E-state index contributed by atoms with van der Waals surface area (Å²) in [5.74, 6) is -0.412. The van der Waals surface area contributed by atoms with Crippen LogP contribution in [0.5, 0.6) is 0 Å². The number of nitrogens with one attached hydrogen (secondary N) is 1. The largest absolute Gasteiger partial charge is 0.426 e. The highest BCUT2D eigenvalue weighted by atomic mass is 35.5. The molecule has 3 nitrogen and oxygen atoms in total. The average molecular weight is 340 g/mol. The Hall–Kier alpha value is -1.41. The van der Waals surface area contributed by atoms with E-state index in [-0.39, 0.29) is 17.5 Å². The van der Waals surface area contributed by atoms with Gasteiger partial charge in [-0.3, -0.25) is 0 Å². The third kappa shape index (κ3) is 4.04. The third-order valence-corrected chi connectivity index (χ3v) is 3.43. The van der Waals surface area contributed by atoms with E-state index in [0.717, 1.165) is 6.08 Å². The van der Waals surface area contributed by atoms with Gasteiger partial charge in [-0.05, 0) is 11.6 Å². The second-order valence-electron chi connectivity index (χ2n) is 4.36. The highest BCUT2D eigenvalue weighted by molar-refractivity contribution is 7.80. The average Bonchev–Trinajstić information content (AvgIpc) is 2.80. The van der Waals surface area contributed by atoms with E-state index in [9.17, 15) is 17.6 Å². The Balaban J connectivity index is 2.14. The van der Waals surface area contributed by atoms with Gasteiger partial charge in [-0.2, -0.15) is 13.2 Å². The molecule has 21 heavy (non-hydrogen) atoms. The number of thiocarbonyl (C=S) groups is 1. The smallest absolute Gasteiger partial charge is 0.370 e. The molecule has 1 aromatic rings. The van der Waals surface area contributed by atoms with Gasteiger partial charge < -0.3 is 10.2 Å². The first kappa shape index (κ1) is 16.0. The lowest BCUT2D eigenvalue weighted by Crippen LogP contribution is -2.24. The van der Waals surface area contributed by atoms with E-state index in [1.54, 1.807) is 4.90 Å². The van der Waals surface area contributed by atoms with Gasteiger partial charge in [0.25, 0.3) is 0 Å². The third-order valence-electron chi connectivity index (χ3n) is 2.80. The molecule has 0 radical (unpaired) electrons. The molecule has 1 aliphatic heterocycles. The first-order valence-electron chi connectivity index (χ1n) is 5.89. The molecule has 0 saturated carbocycles. The molecule has 0 aliphatic carbocycles. The molecule has 0 spiro atoms. The van der Waals surface area contributed by atoms with Crippen molar-refractivity contribution in [1.29, 1.82) is 0 Å². The van der Waals surface area contributed by atoms with E-state index < -0.39 is 16.9 Å². The van der Waals surface area contributed by atoms with Gasteiger partial charge in [-0.25, -0.2) is 9.37 Å². The number of allylic oxidation sites excluding steroid dienone is 1. The second-order valence-corrected chi connectivity index (χ2v) is 5.15. The van der Waals surface area contributed by atoms with Gasteiger partial charge in [-0.15, -0.1) is 0 Å². The van der Waals surface area contributed by atoms with Crippen molar-refractivity contribution in [3.05, 3.63) is 40.7 Å². The zero-order valence-corrected chi connectivity index (χ0v) is 12.1. The fourth-order valence-corrected chi connectivity index (χ4v) is 2.05. The lowest BCUT2D eigenvalue weighted by molar-refractivity contribution is -0.0554. The number of hydrogen-bond donors (Lipinski definition) is 1. The van der Waals surface area contributed by atoms with Gasteiger partial charge in [0.15, 0.2) is 11.0 Å². The number of nitrogens with zero attached hydrogens (tertiary/aromatic N) is 2. The fraction of sp³-hybridized carbons (Fsp3) is 0.333. The van der Waals surface area contributed by atoms with E-state index >= 15 is 0 Å². The van der Waals surface area contributed by atoms with Gasteiger partial charge in [0.05, 0.1) is 0 Å². The SMILES string of the molecule is Fc1cc(CN2CCN/C2=C\C(=S)C(F)(F)F)cnc1Cl. The lowest BCUT2D eigenvalue weighted by Gasteiger charge is -2.19. The summed E-state index contributed by atoms with van der Waals surface area (Å²) in [6.45, 7) is 1.17. The number of aromatic nitrogens is 1. The molecule has 1 fully saturated rings. The van der Waals surface area contributed by atoms with Crippen molar-refractivity contribution < 1.29 is 17.6 Å². The zero-order valence-electron chi connectivity index (χ0n) is 10.5. The molecule has 1 saturated heterocycles. The van der Waals surface area contributed by atoms with Crippen LogP contribution in [0.15, 0.2) is 24.2 Å². The van der Waals surface area contributed by atoms with E-state index in [0.29, 0.717) is 18.7 Å². The van der Waals surface area contributed by atoms with Crippen LogP contribution in [0.2, 0.25) is 5.15 Å². The molecule has 0 unspecified atom stereocenters. The predicted octanol–water partition coefficient (Wildman–Crippen LogP) is 3.05. The van der Waals surface area contributed by atoms with E-state index in [2.05, 4.69) is 22.5 Å². The van der Waals surface area contributed by atoms with Crippen LogP contribution >= 0.6 is 23.8 Å². The molecule has 1 N–H and O–H groups in total. The molecular formula is C12H10ClF4N3S. The number of pyridine rings is 1. The Kier molecular flexibility index (Phi) is 4.67. The van der Waals surface area contributed by atoms with Crippen molar-refractivity contribution in [2.24, 2.45) is 0 Å². The van der Waals surface area contributed by atoms with Gasteiger partial charge in [0.2, 0.25) is 0 Å². The first-order valence-corrected chi connectivity index (χ1v) is 6.67. The van der Waals surface area contributed by atoms with Gasteiger partial charge >= 0.3 is 6.18 Å². The summed E-state index contributed by atoms with van der Waals surface area (Å²) in [5, 5.41) is 2.57. The first-order chi connectivity index (χ1) is 9.77. The van der Waals surface area contributed by atoms with E-state index in [1.807, 2.05) is 0 Å². The molecule has 0 atom stereocenters. The van der Waals surface area contributed by atoms with Crippen LogP contribution in [0.1, 0.15) is 5.56 Å². The topological polar surface area (TPSA) is 28.2 Å². The van der Waals surface area contributed by atoms with E-state index in [4.69, 9.17) is 11.6 Å². The van der Waals surface area contributed by atoms with Crippen molar-refractivity contribution in [2.45, 2.75) is 12.7 Å². The number of hydrogen-bond acceptors (Lipinski definition) is 4. The molecule has 2 rings (SSSR count). The fourth-order valence-electron chi connectivity index (χ4n) is 1.83. The van der Waals surface area contributed by atoms with Crippen LogP contribution in [-0.2, 0) is 6.54 Å². The summed E-state index contributed by atoms with van der Waals surface area (Å²) in [7, 11) is 0. The Labute approximate surface area is 128 Å². The monoisotopic (exact) mass is 339 g/mol. The molecular weight excluding hydrogens is 330 g/mol. The standard InChI is InChI=1S/C12H10ClF4N3S/c13-11-8(14)3-7(5-19-11)6-20-2-1-18-10(20)4-9(21)12(15,16)17/h3-5,18H,1-2,6H2/b10-4+. The van der Waals surface area contributed by atoms with Crippen LogP contribution in [0, 0.1) is 5.82 Å². The molecule has 9 heteroatoms. The molecule has 0 bridgehead atoms.